The number of piperazine rings is 1. The third kappa shape index (κ3) is 4.27. The molecular formula is C16H23ClN2O3. The summed E-state index contributed by atoms with van der Waals surface area (Å²) in [6.45, 7) is 5.76. The molecule has 0 aliphatic carbocycles. The molecular weight excluding hydrogens is 304 g/mol. The number of hydrogen-bond donors (Lipinski definition) is 1. The Morgan fingerprint density at radius 2 is 2.09 bits per heavy atom. The number of amides is 1. The van der Waals surface area contributed by atoms with Crippen LogP contribution in [0.2, 0.25) is 5.02 Å². The van der Waals surface area contributed by atoms with Crippen molar-refractivity contribution in [1.29, 1.82) is 0 Å². The lowest BCUT2D eigenvalue weighted by molar-refractivity contribution is -0.131. The summed E-state index contributed by atoms with van der Waals surface area (Å²) in [5.74, 6) is 1.36. The Bertz CT molecular complexity index is 516. The van der Waals surface area contributed by atoms with Gasteiger partial charge in [-0.25, -0.2) is 0 Å². The average Bonchev–Trinajstić information content (AvgIpc) is 2.53. The molecule has 1 aliphatic rings. The Kier molecular flexibility index (Phi) is 6.34. The van der Waals surface area contributed by atoms with Gasteiger partial charge in [0, 0.05) is 32.6 Å². The molecule has 1 aliphatic heterocycles. The quantitative estimate of drug-likeness (QED) is 0.870. The minimum absolute atomic E-state index is 0.186. The van der Waals surface area contributed by atoms with Gasteiger partial charge in [-0.3, -0.25) is 4.79 Å². The number of nitrogens with zero attached hydrogens (tertiary/aromatic N) is 1. The van der Waals surface area contributed by atoms with Crippen molar-refractivity contribution < 1.29 is 14.3 Å². The topological polar surface area (TPSA) is 50.8 Å². The van der Waals surface area contributed by atoms with E-state index in [4.69, 9.17) is 21.1 Å². The highest BCUT2D eigenvalue weighted by atomic mass is 35.5. The van der Waals surface area contributed by atoms with Gasteiger partial charge in [-0.15, -0.1) is 0 Å². The van der Waals surface area contributed by atoms with Crippen molar-refractivity contribution in [2.24, 2.45) is 0 Å². The molecule has 1 heterocycles. The van der Waals surface area contributed by atoms with Crippen LogP contribution in [-0.2, 0) is 11.2 Å². The van der Waals surface area contributed by atoms with Gasteiger partial charge in [-0.05, 0) is 31.0 Å². The first-order valence-electron chi connectivity index (χ1n) is 7.63. The summed E-state index contributed by atoms with van der Waals surface area (Å²) < 4.78 is 10.8. The van der Waals surface area contributed by atoms with E-state index < -0.39 is 0 Å². The largest absolute Gasteiger partial charge is 0.491 e. The van der Waals surface area contributed by atoms with E-state index in [1.165, 1.54) is 0 Å². The van der Waals surface area contributed by atoms with Crippen LogP contribution in [0.15, 0.2) is 12.1 Å². The highest BCUT2D eigenvalue weighted by molar-refractivity contribution is 6.32. The number of hydrogen-bond acceptors (Lipinski definition) is 4. The Morgan fingerprint density at radius 1 is 1.36 bits per heavy atom. The zero-order valence-corrected chi connectivity index (χ0v) is 13.9. The fourth-order valence-corrected chi connectivity index (χ4v) is 2.86. The molecule has 5 nitrogen and oxygen atoms in total. The minimum atomic E-state index is 0.186. The molecule has 0 saturated carbocycles. The van der Waals surface area contributed by atoms with Crippen LogP contribution in [0.25, 0.3) is 0 Å². The number of rotatable bonds is 6. The van der Waals surface area contributed by atoms with Crippen LogP contribution in [0.3, 0.4) is 0 Å². The molecule has 1 amide bonds. The SMILES string of the molecule is CCOc1cc(CCC(=O)N2CCNCC2)cc(Cl)c1OC. The van der Waals surface area contributed by atoms with Crippen LogP contribution in [-0.4, -0.2) is 50.7 Å². The molecule has 1 fully saturated rings. The molecule has 22 heavy (non-hydrogen) atoms. The first-order chi connectivity index (χ1) is 10.7. The van der Waals surface area contributed by atoms with Gasteiger partial charge in [0.25, 0.3) is 0 Å². The molecule has 6 heteroatoms. The van der Waals surface area contributed by atoms with Gasteiger partial charge in [0.1, 0.15) is 0 Å². The minimum Gasteiger partial charge on any atom is -0.491 e. The summed E-state index contributed by atoms with van der Waals surface area (Å²) in [6.07, 6.45) is 1.13. The fourth-order valence-electron chi connectivity index (χ4n) is 2.55. The van der Waals surface area contributed by atoms with Crippen LogP contribution < -0.4 is 14.8 Å². The summed E-state index contributed by atoms with van der Waals surface area (Å²) in [5, 5.41) is 3.76. The number of halogens is 1. The maximum Gasteiger partial charge on any atom is 0.222 e. The van der Waals surface area contributed by atoms with Crippen LogP contribution in [0.4, 0.5) is 0 Å². The average molecular weight is 327 g/mol. The second-order valence-electron chi connectivity index (χ2n) is 5.17. The first-order valence-corrected chi connectivity index (χ1v) is 8.01. The summed E-state index contributed by atoms with van der Waals surface area (Å²) in [5.41, 5.74) is 0.984. The molecule has 1 saturated heterocycles. The molecule has 0 unspecified atom stereocenters. The van der Waals surface area contributed by atoms with Crippen LogP contribution in [0, 0.1) is 0 Å². The maximum absolute atomic E-state index is 12.2. The normalized spacial score (nSPS) is 14.8. The van der Waals surface area contributed by atoms with Gasteiger partial charge < -0.3 is 19.7 Å². The van der Waals surface area contributed by atoms with Gasteiger partial charge in [0.2, 0.25) is 5.91 Å². The predicted molar refractivity (Wildman–Crippen MR) is 86.9 cm³/mol. The highest BCUT2D eigenvalue weighted by Crippen LogP contribution is 2.36. The van der Waals surface area contributed by atoms with Crippen molar-refractivity contribution in [3.8, 4) is 11.5 Å². The van der Waals surface area contributed by atoms with Crippen LogP contribution >= 0.6 is 11.6 Å². The molecule has 1 N–H and O–H groups in total. The lowest BCUT2D eigenvalue weighted by Crippen LogP contribution is -2.46. The third-order valence-electron chi connectivity index (χ3n) is 3.67. The van der Waals surface area contributed by atoms with E-state index in [2.05, 4.69) is 5.32 Å². The monoisotopic (exact) mass is 326 g/mol. The van der Waals surface area contributed by atoms with Crippen LogP contribution in [0.5, 0.6) is 11.5 Å². The van der Waals surface area contributed by atoms with E-state index in [1.807, 2.05) is 24.0 Å². The van der Waals surface area contributed by atoms with E-state index in [-0.39, 0.29) is 5.91 Å². The van der Waals surface area contributed by atoms with Crippen molar-refractivity contribution in [3.05, 3.63) is 22.7 Å². The van der Waals surface area contributed by atoms with E-state index >= 15 is 0 Å². The molecule has 0 bridgehead atoms. The second kappa shape index (κ2) is 8.25. The van der Waals surface area contributed by atoms with Crippen molar-refractivity contribution in [3.63, 3.8) is 0 Å². The molecule has 0 radical (unpaired) electrons. The standard InChI is InChI=1S/C16H23ClN2O3/c1-3-22-14-11-12(10-13(17)16(14)21-2)4-5-15(20)19-8-6-18-7-9-19/h10-11,18H,3-9H2,1-2H3. The maximum atomic E-state index is 12.2. The first kappa shape index (κ1) is 16.9. The van der Waals surface area contributed by atoms with Crippen LogP contribution in [0.1, 0.15) is 18.9 Å². The molecule has 0 spiro atoms. The lowest BCUT2D eigenvalue weighted by Gasteiger charge is -2.27. The van der Waals surface area contributed by atoms with E-state index in [1.54, 1.807) is 7.11 Å². The number of aryl methyl sites for hydroxylation is 1. The van der Waals surface area contributed by atoms with Crippen molar-refractivity contribution in [1.82, 2.24) is 10.2 Å². The van der Waals surface area contributed by atoms with Gasteiger partial charge in [-0.1, -0.05) is 11.6 Å². The Labute approximate surface area is 136 Å². The number of nitrogens with one attached hydrogen (secondary N) is 1. The van der Waals surface area contributed by atoms with E-state index in [9.17, 15) is 4.79 Å². The number of methoxy groups -OCH3 is 1. The molecule has 2 rings (SSSR count). The molecule has 0 aromatic heterocycles. The molecule has 0 atom stereocenters. The Balaban J connectivity index is 2.01. The number of carbonyl (C=O) groups excluding carboxylic acids is 1. The molecule has 1 aromatic rings. The smallest absolute Gasteiger partial charge is 0.222 e. The van der Waals surface area contributed by atoms with E-state index in [0.29, 0.717) is 36.0 Å². The Hall–Kier alpha value is -1.46. The molecule has 1 aromatic carbocycles. The summed E-state index contributed by atoms with van der Waals surface area (Å²) >= 11 is 6.23. The summed E-state index contributed by atoms with van der Waals surface area (Å²) in [4.78, 5) is 14.1. The predicted octanol–water partition coefficient (Wildman–Crippen LogP) is 2.11. The zero-order valence-electron chi connectivity index (χ0n) is 13.2. The van der Waals surface area contributed by atoms with Gasteiger partial charge >= 0.3 is 0 Å². The second-order valence-corrected chi connectivity index (χ2v) is 5.58. The lowest BCUT2D eigenvalue weighted by atomic mass is 10.1. The fraction of sp³-hybridized carbons (Fsp3) is 0.562. The summed E-state index contributed by atoms with van der Waals surface area (Å²) in [7, 11) is 1.57. The third-order valence-corrected chi connectivity index (χ3v) is 3.95. The van der Waals surface area contributed by atoms with Gasteiger partial charge in [0.05, 0.1) is 18.7 Å². The van der Waals surface area contributed by atoms with Crippen molar-refractivity contribution in [2.45, 2.75) is 19.8 Å². The van der Waals surface area contributed by atoms with Crippen molar-refractivity contribution in [2.75, 3.05) is 39.9 Å². The Morgan fingerprint density at radius 3 is 2.73 bits per heavy atom. The van der Waals surface area contributed by atoms with Gasteiger partial charge in [-0.2, -0.15) is 0 Å². The van der Waals surface area contributed by atoms with E-state index in [0.717, 1.165) is 31.7 Å². The summed E-state index contributed by atoms with van der Waals surface area (Å²) in [6, 6.07) is 3.74. The molecule has 122 valence electrons. The zero-order chi connectivity index (χ0) is 15.9. The number of ether oxygens (including phenoxy) is 2. The highest BCUT2D eigenvalue weighted by Gasteiger charge is 2.17. The number of carbonyl (C=O) groups is 1. The van der Waals surface area contributed by atoms with Gasteiger partial charge in [0.15, 0.2) is 11.5 Å². The number of benzene rings is 1. The van der Waals surface area contributed by atoms with Crippen molar-refractivity contribution >= 4 is 17.5 Å².